The largest absolute Gasteiger partial charge is 0.481 e. The number of hydrogen-bond donors (Lipinski definition) is 1. The van der Waals surface area contributed by atoms with Gasteiger partial charge in [0.2, 0.25) is 0 Å². The van der Waals surface area contributed by atoms with Crippen molar-refractivity contribution in [3.05, 3.63) is 0 Å². The number of aliphatic carboxylic acids is 1. The van der Waals surface area contributed by atoms with Crippen molar-refractivity contribution in [2.45, 2.75) is 44.9 Å². The summed E-state index contributed by atoms with van der Waals surface area (Å²) in [6.07, 6.45) is 5.32. The first-order valence-corrected chi connectivity index (χ1v) is 4.92. The molecule has 3 nitrogen and oxygen atoms in total. The predicted molar refractivity (Wildman–Crippen MR) is 48.5 cm³/mol. The van der Waals surface area contributed by atoms with Crippen LogP contribution in [0.5, 0.6) is 0 Å². The van der Waals surface area contributed by atoms with Crippen molar-refractivity contribution < 1.29 is 14.7 Å². The summed E-state index contributed by atoms with van der Waals surface area (Å²) in [5.74, 6) is -0.449. The van der Waals surface area contributed by atoms with Gasteiger partial charge in [-0.3, -0.25) is 9.59 Å². The van der Waals surface area contributed by atoms with Crippen molar-refractivity contribution in [1.29, 1.82) is 0 Å². The van der Waals surface area contributed by atoms with Crippen molar-refractivity contribution in [2.24, 2.45) is 5.92 Å². The van der Waals surface area contributed by atoms with Crippen molar-refractivity contribution in [2.75, 3.05) is 0 Å². The summed E-state index contributed by atoms with van der Waals surface area (Å²) >= 11 is 0. The molecule has 0 aromatic carbocycles. The first-order valence-electron chi connectivity index (χ1n) is 4.92. The van der Waals surface area contributed by atoms with Crippen molar-refractivity contribution in [3.8, 4) is 0 Å². The maximum Gasteiger partial charge on any atom is 0.303 e. The van der Waals surface area contributed by atoms with Gasteiger partial charge in [-0.15, -0.1) is 0 Å². The molecule has 1 rings (SSSR count). The Hall–Kier alpha value is -0.860. The van der Waals surface area contributed by atoms with Gasteiger partial charge in [-0.05, 0) is 18.8 Å². The predicted octanol–water partition coefficient (Wildman–Crippen LogP) is 2.00. The molecule has 13 heavy (non-hydrogen) atoms. The van der Waals surface area contributed by atoms with Crippen molar-refractivity contribution >= 4 is 11.8 Å². The molecule has 1 aliphatic carbocycles. The lowest BCUT2D eigenvalue weighted by Crippen LogP contribution is -2.14. The van der Waals surface area contributed by atoms with Crippen LogP contribution in [0.15, 0.2) is 0 Å². The Balaban J connectivity index is 2.41. The molecule has 0 saturated heterocycles. The Morgan fingerprint density at radius 1 is 1.38 bits per heavy atom. The van der Waals surface area contributed by atoms with Gasteiger partial charge in [-0.1, -0.05) is 12.8 Å². The molecule has 1 aliphatic rings. The van der Waals surface area contributed by atoms with Crippen LogP contribution in [-0.4, -0.2) is 16.9 Å². The number of ketones is 1. The molecule has 74 valence electrons. The highest BCUT2D eigenvalue weighted by Crippen LogP contribution is 2.22. The molecule has 0 bridgehead atoms. The first-order chi connectivity index (χ1) is 6.18. The third-order valence-corrected chi connectivity index (χ3v) is 2.55. The molecular formula is C10H16O3. The van der Waals surface area contributed by atoms with Gasteiger partial charge in [-0.2, -0.15) is 0 Å². The van der Waals surface area contributed by atoms with Crippen LogP contribution >= 0.6 is 0 Å². The minimum atomic E-state index is -0.779. The van der Waals surface area contributed by atoms with Gasteiger partial charge in [0.05, 0.1) is 0 Å². The summed E-state index contributed by atoms with van der Waals surface area (Å²) < 4.78 is 0. The molecule has 1 unspecified atom stereocenters. The van der Waals surface area contributed by atoms with Crippen LogP contribution in [-0.2, 0) is 9.59 Å². The summed E-state index contributed by atoms with van der Waals surface area (Å²) in [5, 5.41) is 8.60. The Morgan fingerprint density at radius 2 is 2.15 bits per heavy atom. The second kappa shape index (κ2) is 5.00. The Kier molecular flexibility index (Phi) is 3.93. The quantitative estimate of drug-likeness (QED) is 0.714. The number of carbonyl (C=O) groups excluding carboxylic acids is 1. The van der Waals surface area contributed by atoms with E-state index in [1.165, 1.54) is 0 Å². The van der Waals surface area contributed by atoms with Gasteiger partial charge in [0, 0.05) is 19.3 Å². The molecule has 1 fully saturated rings. The molecule has 0 aromatic heterocycles. The van der Waals surface area contributed by atoms with E-state index in [0.29, 0.717) is 12.8 Å². The van der Waals surface area contributed by atoms with E-state index < -0.39 is 5.97 Å². The zero-order chi connectivity index (χ0) is 9.68. The molecule has 3 heteroatoms. The lowest BCUT2D eigenvalue weighted by molar-refractivity contribution is -0.138. The summed E-state index contributed by atoms with van der Waals surface area (Å²) in [7, 11) is 0. The molecule has 0 heterocycles. The summed E-state index contributed by atoms with van der Waals surface area (Å²) in [4.78, 5) is 21.7. The number of carbonyl (C=O) groups is 2. The first kappa shape index (κ1) is 10.2. The highest BCUT2D eigenvalue weighted by molar-refractivity contribution is 5.79. The van der Waals surface area contributed by atoms with E-state index in [9.17, 15) is 9.59 Å². The van der Waals surface area contributed by atoms with E-state index in [1.807, 2.05) is 0 Å². The Morgan fingerprint density at radius 3 is 2.85 bits per heavy atom. The van der Waals surface area contributed by atoms with E-state index >= 15 is 0 Å². The Bertz CT molecular complexity index is 198. The van der Waals surface area contributed by atoms with Crippen LogP contribution in [0.25, 0.3) is 0 Å². The van der Waals surface area contributed by atoms with Gasteiger partial charge in [-0.25, -0.2) is 0 Å². The number of carboxylic acids is 1. The maximum absolute atomic E-state index is 11.2. The van der Waals surface area contributed by atoms with Crippen LogP contribution in [0, 0.1) is 5.92 Å². The minimum Gasteiger partial charge on any atom is -0.481 e. The second-order valence-electron chi connectivity index (χ2n) is 3.81. The third kappa shape index (κ3) is 4.06. The summed E-state index contributed by atoms with van der Waals surface area (Å²) in [5.41, 5.74) is 0. The number of Topliss-reactive ketones (excluding diaryl/α,β-unsaturated/α-hetero) is 1. The highest BCUT2D eigenvalue weighted by atomic mass is 16.4. The van der Waals surface area contributed by atoms with E-state index in [-0.39, 0.29) is 18.1 Å². The summed E-state index contributed by atoms with van der Waals surface area (Å²) in [6.45, 7) is 0. The summed E-state index contributed by atoms with van der Waals surface area (Å²) in [6, 6.07) is 0. The topological polar surface area (TPSA) is 54.4 Å². The van der Waals surface area contributed by atoms with Crippen molar-refractivity contribution in [3.63, 3.8) is 0 Å². The molecular weight excluding hydrogens is 168 g/mol. The second-order valence-corrected chi connectivity index (χ2v) is 3.81. The molecule has 0 aliphatic heterocycles. The monoisotopic (exact) mass is 184 g/mol. The molecule has 0 radical (unpaired) electrons. The van der Waals surface area contributed by atoms with Crippen LogP contribution in [0.3, 0.4) is 0 Å². The number of hydrogen-bond acceptors (Lipinski definition) is 2. The molecule has 1 saturated carbocycles. The molecule has 1 N–H and O–H groups in total. The lowest BCUT2D eigenvalue weighted by atomic mass is 9.88. The van der Waals surface area contributed by atoms with Crippen LogP contribution in [0.4, 0.5) is 0 Å². The molecule has 0 aromatic rings. The average molecular weight is 184 g/mol. The fourth-order valence-corrected chi connectivity index (χ4v) is 1.88. The zero-order valence-corrected chi connectivity index (χ0v) is 7.79. The SMILES string of the molecule is O=C(O)CC1CCCCCC(=O)C1. The standard InChI is InChI=1S/C10H16O3/c11-9-5-3-1-2-4-8(6-9)7-10(12)13/h8H,1-7H2,(H,12,13). The molecule has 0 amide bonds. The van der Waals surface area contributed by atoms with E-state index in [1.54, 1.807) is 0 Å². The van der Waals surface area contributed by atoms with E-state index in [2.05, 4.69) is 0 Å². The minimum absolute atomic E-state index is 0.0882. The van der Waals surface area contributed by atoms with Crippen LogP contribution < -0.4 is 0 Å². The van der Waals surface area contributed by atoms with Gasteiger partial charge < -0.3 is 5.11 Å². The Labute approximate surface area is 78.1 Å². The van der Waals surface area contributed by atoms with Gasteiger partial charge in [0.25, 0.3) is 0 Å². The average Bonchev–Trinajstić information content (AvgIpc) is 1.98. The molecule has 0 spiro atoms. The smallest absolute Gasteiger partial charge is 0.303 e. The maximum atomic E-state index is 11.2. The normalized spacial score (nSPS) is 24.9. The third-order valence-electron chi connectivity index (χ3n) is 2.55. The lowest BCUT2D eigenvalue weighted by Gasteiger charge is -2.16. The fraction of sp³-hybridized carbons (Fsp3) is 0.800. The fourth-order valence-electron chi connectivity index (χ4n) is 1.88. The van der Waals surface area contributed by atoms with Crippen molar-refractivity contribution in [1.82, 2.24) is 0 Å². The number of carboxylic acid groups (broad SMARTS) is 1. The van der Waals surface area contributed by atoms with Crippen LogP contribution in [0.2, 0.25) is 0 Å². The van der Waals surface area contributed by atoms with Gasteiger partial charge in [0.15, 0.2) is 0 Å². The zero-order valence-electron chi connectivity index (χ0n) is 7.79. The van der Waals surface area contributed by atoms with Gasteiger partial charge >= 0.3 is 5.97 Å². The van der Waals surface area contributed by atoms with Crippen LogP contribution in [0.1, 0.15) is 44.9 Å². The highest BCUT2D eigenvalue weighted by Gasteiger charge is 2.18. The van der Waals surface area contributed by atoms with Gasteiger partial charge in [0.1, 0.15) is 5.78 Å². The molecule has 1 atom stereocenters. The number of rotatable bonds is 2. The van der Waals surface area contributed by atoms with E-state index in [0.717, 1.165) is 25.7 Å². The van der Waals surface area contributed by atoms with E-state index in [4.69, 9.17) is 5.11 Å².